The molecular weight excluding hydrogens is 247 g/mol. The summed E-state index contributed by atoms with van der Waals surface area (Å²) in [7, 11) is 0. The Morgan fingerprint density at radius 2 is 1.40 bits per heavy atom. The monoisotopic (exact) mass is 268 g/mol. The quantitative estimate of drug-likeness (QED) is 0.426. The summed E-state index contributed by atoms with van der Waals surface area (Å²) in [5.41, 5.74) is 0. The van der Waals surface area contributed by atoms with Crippen molar-refractivity contribution in [1.82, 2.24) is 0 Å². The number of unbranched alkanes of at least 4 members (excludes halogenated alkanes) is 5. The molecule has 10 heavy (non-hydrogen) atoms. The van der Waals surface area contributed by atoms with Crippen LogP contribution in [0.15, 0.2) is 0 Å². The van der Waals surface area contributed by atoms with Gasteiger partial charge >= 0.3 is 23.9 Å². The summed E-state index contributed by atoms with van der Waals surface area (Å²) in [5.74, 6) is 1.06. The molecule has 0 aliphatic heterocycles. The molecule has 0 fully saturated rings. The molecule has 0 aliphatic carbocycles. The summed E-state index contributed by atoms with van der Waals surface area (Å²) in [6.07, 6.45) is 8.27. The Labute approximate surface area is 87.5 Å². The van der Waals surface area contributed by atoms with E-state index in [1.807, 2.05) is 0 Å². The van der Waals surface area contributed by atoms with Gasteiger partial charge in [-0.05, 0) is 12.2 Å². The molecule has 0 heterocycles. The zero-order valence-electron chi connectivity index (χ0n) is 7.10. The molecule has 0 amide bonds. The maximum absolute atomic E-state index is 4.15. The van der Waals surface area contributed by atoms with Gasteiger partial charge in [-0.25, -0.2) is 0 Å². The maximum atomic E-state index is 4.15. The topological polar surface area (TPSA) is 0 Å². The molecule has 0 saturated heterocycles. The SMILES string of the molecule is CCCCCCCCS.[SnH2]. The first-order valence-electron chi connectivity index (χ1n) is 4.02. The second-order valence-corrected chi connectivity index (χ2v) is 2.94. The van der Waals surface area contributed by atoms with Crippen molar-refractivity contribution in [2.45, 2.75) is 45.4 Å². The molecule has 0 spiro atoms. The second-order valence-electron chi connectivity index (χ2n) is 2.49. The number of rotatable bonds is 6. The fraction of sp³-hybridized carbons (Fsp3) is 1.00. The molecule has 0 unspecified atom stereocenters. The van der Waals surface area contributed by atoms with Gasteiger partial charge in [0.2, 0.25) is 0 Å². The molecule has 2 radical (unpaired) electrons. The van der Waals surface area contributed by atoms with Crippen LogP contribution in [-0.4, -0.2) is 29.7 Å². The van der Waals surface area contributed by atoms with Gasteiger partial charge in [-0.2, -0.15) is 12.6 Å². The Balaban J connectivity index is 0. The van der Waals surface area contributed by atoms with Gasteiger partial charge in [-0.3, -0.25) is 0 Å². The third kappa shape index (κ3) is 11.9. The van der Waals surface area contributed by atoms with Crippen molar-refractivity contribution in [2.24, 2.45) is 0 Å². The summed E-state index contributed by atoms with van der Waals surface area (Å²) in [4.78, 5) is 0. The van der Waals surface area contributed by atoms with E-state index in [0.29, 0.717) is 0 Å². The molecule has 0 bridgehead atoms. The van der Waals surface area contributed by atoms with Crippen molar-refractivity contribution >= 4 is 36.5 Å². The van der Waals surface area contributed by atoms with Gasteiger partial charge in [0.25, 0.3) is 0 Å². The van der Waals surface area contributed by atoms with Gasteiger partial charge < -0.3 is 0 Å². The van der Waals surface area contributed by atoms with E-state index in [9.17, 15) is 0 Å². The van der Waals surface area contributed by atoms with Crippen molar-refractivity contribution < 1.29 is 0 Å². The molecule has 0 rings (SSSR count). The first-order chi connectivity index (χ1) is 4.41. The van der Waals surface area contributed by atoms with Crippen LogP contribution in [0.3, 0.4) is 0 Å². The first-order valence-corrected chi connectivity index (χ1v) is 4.66. The number of hydrogen-bond donors (Lipinski definition) is 1. The first kappa shape index (κ1) is 13.7. The summed E-state index contributed by atoms with van der Waals surface area (Å²) < 4.78 is 0. The zero-order chi connectivity index (χ0) is 6.95. The molecule has 0 aromatic heterocycles. The Hall–Kier alpha value is 1.15. The van der Waals surface area contributed by atoms with E-state index in [4.69, 9.17) is 0 Å². The predicted octanol–water partition coefficient (Wildman–Crippen LogP) is 2.36. The molecule has 0 aromatic rings. The van der Waals surface area contributed by atoms with Crippen LogP contribution in [0.4, 0.5) is 0 Å². The number of hydrogen-bond acceptors (Lipinski definition) is 1. The molecule has 0 saturated carbocycles. The van der Waals surface area contributed by atoms with E-state index in [-0.39, 0.29) is 23.9 Å². The molecule has 62 valence electrons. The van der Waals surface area contributed by atoms with E-state index < -0.39 is 0 Å². The summed E-state index contributed by atoms with van der Waals surface area (Å²) in [5, 5.41) is 0. The molecule has 0 aromatic carbocycles. The van der Waals surface area contributed by atoms with Crippen LogP contribution in [0, 0.1) is 0 Å². The fourth-order valence-corrected chi connectivity index (χ4v) is 1.12. The van der Waals surface area contributed by atoms with Gasteiger partial charge in [0.05, 0.1) is 0 Å². The van der Waals surface area contributed by atoms with Crippen LogP contribution in [0.1, 0.15) is 45.4 Å². The van der Waals surface area contributed by atoms with Gasteiger partial charge in [0.1, 0.15) is 0 Å². The van der Waals surface area contributed by atoms with Crippen molar-refractivity contribution in [2.75, 3.05) is 5.75 Å². The molecule has 0 N–H and O–H groups in total. The Bertz CT molecular complexity index is 42.5. The summed E-state index contributed by atoms with van der Waals surface area (Å²) >= 11 is 4.15. The average Bonchev–Trinajstić information content (AvgIpc) is 1.89. The van der Waals surface area contributed by atoms with Crippen LogP contribution in [0.2, 0.25) is 0 Å². The van der Waals surface area contributed by atoms with E-state index in [0.717, 1.165) is 5.75 Å². The van der Waals surface area contributed by atoms with Gasteiger partial charge in [0.15, 0.2) is 0 Å². The third-order valence-corrected chi connectivity index (χ3v) is 1.83. The van der Waals surface area contributed by atoms with E-state index in [1.54, 1.807) is 0 Å². The average molecular weight is 267 g/mol. The predicted molar refractivity (Wildman–Crippen MR) is 55.8 cm³/mol. The second kappa shape index (κ2) is 12.8. The zero-order valence-corrected chi connectivity index (χ0v) is 12.0. The van der Waals surface area contributed by atoms with Crippen molar-refractivity contribution in [1.29, 1.82) is 0 Å². The molecular formula is C8H20SSn. The van der Waals surface area contributed by atoms with Crippen molar-refractivity contribution in [3.05, 3.63) is 0 Å². The van der Waals surface area contributed by atoms with E-state index >= 15 is 0 Å². The van der Waals surface area contributed by atoms with Crippen LogP contribution >= 0.6 is 12.6 Å². The number of thiol groups is 1. The molecule has 0 atom stereocenters. The fourth-order valence-electron chi connectivity index (χ4n) is 0.892. The van der Waals surface area contributed by atoms with Crippen LogP contribution in [-0.2, 0) is 0 Å². The molecule has 2 heteroatoms. The van der Waals surface area contributed by atoms with Gasteiger partial charge in [-0.15, -0.1) is 0 Å². The Kier molecular flexibility index (Phi) is 17.6. The van der Waals surface area contributed by atoms with Crippen LogP contribution in [0.5, 0.6) is 0 Å². The Morgan fingerprint density at radius 3 is 1.90 bits per heavy atom. The summed E-state index contributed by atoms with van der Waals surface area (Å²) in [6, 6.07) is 0. The molecule has 0 aliphatic rings. The minimum atomic E-state index is 0. The minimum absolute atomic E-state index is 0. The van der Waals surface area contributed by atoms with Crippen LogP contribution in [0.25, 0.3) is 0 Å². The van der Waals surface area contributed by atoms with E-state index in [2.05, 4.69) is 19.6 Å². The third-order valence-electron chi connectivity index (χ3n) is 1.51. The van der Waals surface area contributed by atoms with Crippen molar-refractivity contribution in [3.8, 4) is 0 Å². The summed E-state index contributed by atoms with van der Waals surface area (Å²) in [6.45, 7) is 2.25. The van der Waals surface area contributed by atoms with Gasteiger partial charge in [0, 0.05) is 0 Å². The van der Waals surface area contributed by atoms with E-state index in [1.165, 1.54) is 38.5 Å². The van der Waals surface area contributed by atoms with Crippen molar-refractivity contribution in [3.63, 3.8) is 0 Å². The normalized spacial score (nSPS) is 9.00. The van der Waals surface area contributed by atoms with Gasteiger partial charge in [-0.1, -0.05) is 39.0 Å². The Morgan fingerprint density at radius 1 is 0.900 bits per heavy atom. The standard InChI is InChI=1S/C8H18S.Sn.2H/c1-2-3-4-5-6-7-8-9;;;/h9H,2-8H2,1H3;;;. The molecule has 0 nitrogen and oxygen atoms in total. The van der Waals surface area contributed by atoms with Crippen LogP contribution < -0.4 is 0 Å².